The fourth-order valence-electron chi connectivity index (χ4n) is 3.02. The second kappa shape index (κ2) is 13.2. The molecule has 0 bridgehead atoms. The smallest absolute Gasteiger partial charge is 0.250 e. The predicted octanol–water partition coefficient (Wildman–Crippen LogP) is 1.71. The van der Waals surface area contributed by atoms with Crippen molar-refractivity contribution in [3.63, 3.8) is 0 Å². The lowest BCUT2D eigenvalue weighted by Gasteiger charge is -2.18. The van der Waals surface area contributed by atoms with Crippen molar-refractivity contribution in [2.45, 2.75) is 25.8 Å². The second-order valence-corrected chi connectivity index (χ2v) is 9.15. The number of ketones is 1. The van der Waals surface area contributed by atoms with Crippen molar-refractivity contribution in [2.75, 3.05) is 19.8 Å². The van der Waals surface area contributed by atoms with Crippen LogP contribution in [0.2, 0.25) is 0 Å². The van der Waals surface area contributed by atoms with E-state index in [1.807, 2.05) is 6.07 Å². The minimum Gasteiger partial charge on any atom is -0.369 e. The molecule has 0 saturated heterocycles. The lowest BCUT2D eigenvalue weighted by molar-refractivity contribution is -0.126. The standard InChI is InChI=1S/C25H30N6O4S/c1-15(18-11-8-12-19(13-18)21(33)17-9-6-5-7-10-17)23(35)36-14-20(28-16(2)32)22(34)29-24(26)30-25(27)31(3)4/h5-13,15,20H,14H2,1-4H3,(H,28,32)(H4,26,27,29,30,34). The minimum absolute atomic E-state index is 0.0460. The van der Waals surface area contributed by atoms with E-state index < -0.39 is 23.8 Å². The van der Waals surface area contributed by atoms with Crippen LogP contribution in [0.3, 0.4) is 0 Å². The molecule has 2 aromatic rings. The zero-order valence-electron chi connectivity index (χ0n) is 20.6. The molecule has 2 unspecified atom stereocenters. The summed E-state index contributed by atoms with van der Waals surface area (Å²) in [5, 5.41) is 12.3. The maximum absolute atomic E-state index is 12.9. The van der Waals surface area contributed by atoms with Gasteiger partial charge < -0.3 is 16.0 Å². The summed E-state index contributed by atoms with van der Waals surface area (Å²) in [5.41, 5.74) is 7.36. The van der Waals surface area contributed by atoms with Gasteiger partial charge in [0.2, 0.25) is 23.7 Å². The van der Waals surface area contributed by atoms with Gasteiger partial charge in [0.1, 0.15) is 6.04 Å². The zero-order valence-corrected chi connectivity index (χ0v) is 21.4. The molecule has 0 aliphatic carbocycles. The Bertz CT molecular complexity index is 1170. The number of guanidine groups is 2. The summed E-state index contributed by atoms with van der Waals surface area (Å²) in [4.78, 5) is 55.0. The van der Waals surface area contributed by atoms with Gasteiger partial charge in [-0.3, -0.25) is 29.9 Å². The highest BCUT2D eigenvalue weighted by Crippen LogP contribution is 2.24. The van der Waals surface area contributed by atoms with Gasteiger partial charge >= 0.3 is 0 Å². The Kier molecular flexibility index (Phi) is 10.4. The highest BCUT2D eigenvalue weighted by molar-refractivity contribution is 8.13. The van der Waals surface area contributed by atoms with Crippen LogP contribution in [-0.4, -0.2) is 65.4 Å². The topological polar surface area (TPSA) is 158 Å². The van der Waals surface area contributed by atoms with Gasteiger partial charge in [-0.25, -0.2) is 0 Å². The van der Waals surface area contributed by atoms with E-state index in [1.54, 1.807) is 69.6 Å². The van der Waals surface area contributed by atoms with E-state index in [4.69, 9.17) is 11.1 Å². The van der Waals surface area contributed by atoms with E-state index in [0.29, 0.717) is 16.7 Å². The quantitative estimate of drug-likeness (QED) is 0.239. The van der Waals surface area contributed by atoms with Crippen LogP contribution in [0.1, 0.15) is 41.3 Å². The van der Waals surface area contributed by atoms with Crippen LogP contribution in [-0.2, 0) is 14.4 Å². The summed E-state index contributed by atoms with van der Waals surface area (Å²) in [6, 6.07) is 14.7. The largest absolute Gasteiger partial charge is 0.369 e. The van der Waals surface area contributed by atoms with E-state index in [2.05, 4.69) is 15.6 Å². The second-order valence-electron chi connectivity index (χ2n) is 8.13. The van der Waals surface area contributed by atoms with E-state index in [0.717, 1.165) is 11.8 Å². The number of nitrogens with two attached hydrogens (primary N) is 1. The number of carbonyl (C=O) groups excluding carboxylic acids is 4. The van der Waals surface area contributed by atoms with Crippen molar-refractivity contribution in [3.05, 3.63) is 71.3 Å². The van der Waals surface area contributed by atoms with Crippen molar-refractivity contribution >= 4 is 46.4 Å². The van der Waals surface area contributed by atoms with Crippen LogP contribution < -0.4 is 16.4 Å². The Morgan fingerprint density at radius 2 is 1.69 bits per heavy atom. The number of nitrogens with zero attached hydrogens (tertiary/aromatic N) is 2. The summed E-state index contributed by atoms with van der Waals surface area (Å²) in [5.74, 6) is -2.36. The van der Waals surface area contributed by atoms with Crippen molar-refractivity contribution in [2.24, 2.45) is 10.7 Å². The fourth-order valence-corrected chi connectivity index (χ4v) is 3.97. The molecule has 0 aliphatic rings. The SMILES string of the molecule is CC(=O)NC(CSC(=O)C(C)c1cccc(C(=O)c2ccccc2)c1)C(=O)N/C(N)=N/C(=N)N(C)C. The Morgan fingerprint density at radius 1 is 1.06 bits per heavy atom. The van der Waals surface area contributed by atoms with Crippen LogP contribution in [0.4, 0.5) is 0 Å². The summed E-state index contributed by atoms with van der Waals surface area (Å²) in [6.45, 7) is 2.97. The third kappa shape index (κ3) is 8.35. The molecule has 2 atom stereocenters. The summed E-state index contributed by atoms with van der Waals surface area (Å²) >= 11 is 0.884. The molecule has 10 nitrogen and oxygen atoms in total. The van der Waals surface area contributed by atoms with Crippen molar-refractivity contribution in [1.82, 2.24) is 15.5 Å². The van der Waals surface area contributed by atoms with Gasteiger partial charge in [0.15, 0.2) is 10.9 Å². The van der Waals surface area contributed by atoms with Gasteiger partial charge in [-0.15, -0.1) is 0 Å². The van der Waals surface area contributed by atoms with Gasteiger partial charge in [0.05, 0.1) is 5.92 Å². The number of amides is 2. The number of benzene rings is 2. The van der Waals surface area contributed by atoms with Gasteiger partial charge in [-0.2, -0.15) is 4.99 Å². The molecule has 0 aliphatic heterocycles. The normalized spacial score (nSPS) is 12.7. The van der Waals surface area contributed by atoms with E-state index in [-0.39, 0.29) is 28.6 Å². The van der Waals surface area contributed by atoms with E-state index >= 15 is 0 Å². The Balaban J connectivity index is 2.07. The lowest BCUT2D eigenvalue weighted by atomic mass is 9.96. The number of rotatable bonds is 8. The highest BCUT2D eigenvalue weighted by atomic mass is 32.2. The Morgan fingerprint density at radius 3 is 2.31 bits per heavy atom. The number of aliphatic imine (C=N–C) groups is 1. The van der Waals surface area contributed by atoms with E-state index in [9.17, 15) is 19.2 Å². The van der Waals surface area contributed by atoms with Crippen LogP contribution in [0.15, 0.2) is 59.6 Å². The summed E-state index contributed by atoms with van der Waals surface area (Å²) in [6.07, 6.45) is 0. The van der Waals surface area contributed by atoms with Gasteiger partial charge in [0, 0.05) is 37.9 Å². The van der Waals surface area contributed by atoms with E-state index in [1.165, 1.54) is 11.8 Å². The monoisotopic (exact) mass is 510 g/mol. The van der Waals surface area contributed by atoms with Gasteiger partial charge in [-0.1, -0.05) is 67.2 Å². The number of carbonyl (C=O) groups is 4. The van der Waals surface area contributed by atoms with Crippen molar-refractivity contribution < 1.29 is 19.2 Å². The maximum atomic E-state index is 12.9. The maximum Gasteiger partial charge on any atom is 0.250 e. The Labute approximate surface area is 214 Å². The first-order valence-corrected chi connectivity index (χ1v) is 12.0. The summed E-state index contributed by atoms with van der Waals surface area (Å²) < 4.78 is 0. The fraction of sp³-hybridized carbons (Fsp3) is 0.280. The lowest BCUT2D eigenvalue weighted by Crippen LogP contribution is -2.51. The first kappa shape index (κ1) is 28.2. The average molecular weight is 511 g/mol. The molecule has 190 valence electrons. The molecule has 2 amide bonds. The van der Waals surface area contributed by atoms with Crippen LogP contribution in [0.5, 0.6) is 0 Å². The molecule has 36 heavy (non-hydrogen) atoms. The van der Waals surface area contributed by atoms with Gasteiger partial charge in [0.25, 0.3) is 0 Å². The molecule has 5 N–H and O–H groups in total. The minimum atomic E-state index is -1.06. The molecule has 0 aromatic heterocycles. The molecule has 0 fully saturated rings. The van der Waals surface area contributed by atoms with Crippen LogP contribution in [0, 0.1) is 5.41 Å². The number of hydrogen-bond donors (Lipinski definition) is 4. The molecule has 0 saturated carbocycles. The summed E-state index contributed by atoms with van der Waals surface area (Å²) in [7, 11) is 3.19. The first-order valence-electron chi connectivity index (χ1n) is 11.0. The number of thioether (sulfide) groups is 1. The molecule has 2 aromatic carbocycles. The molecule has 2 rings (SSSR count). The van der Waals surface area contributed by atoms with Crippen molar-refractivity contribution in [3.8, 4) is 0 Å². The Hall–Kier alpha value is -3.99. The molecule has 11 heteroatoms. The third-order valence-electron chi connectivity index (χ3n) is 5.03. The zero-order chi connectivity index (χ0) is 26.8. The average Bonchev–Trinajstić information content (AvgIpc) is 2.85. The molecule has 0 heterocycles. The molecule has 0 spiro atoms. The van der Waals surface area contributed by atoms with Crippen LogP contribution >= 0.6 is 11.8 Å². The first-order chi connectivity index (χ1) is 17.0. The predicted molar refractivity (Wildman–Crippen MR) is 141 cm³/mol. The highest BCUT2D eigenvalue weighted by Gasteiger charge is 2.24. The van der Waals surface area contributed by atoms with Crippen molar-refractivity contribution in [1.29, 1.82) is 5.41 Å². The number of nitrogens with one attached hydrogen (secondary N) is 3. The van der Waals surface area contributed by atoms with Gasteiger partial charge in [-0.05, 0) is 11.6 Å². The molecule has 0 radical (unpaired) electrons. The molecular formula is C25H30N6O4S. The molecular weight excluding hydrogens is 480 g/mol. The van der Waals surface area contributed by atoms with Crippen LogP contribution in [0.25, 0.3) is 0 Å². The number of hydrogen-bond acceptors (Lipinski definition) is 6. The third-order valence-corrected chi connectivity index (χ3v) is 6.16.